The highest BCUT2D eigenvalue weighted by Gasteiger charge is 2.18. The highest BCUT2D eigenvalue weighted by atomic mass is 32.1. The average Bonchev–Trinajstić information content (AvgIpc) is 2.96. The molecule has 18 heavy (non-hydrogen) atoms. The zero-order valence-corrected chi connectivity index (χ0v) is 10.6. The van der Waals surface area contributed by atoms with Crippen LogP contribution in [-0.4, -0.2) is 44.8 Å². The van der Waals surface area contributed by atoms with Gasteiger partial charge in [0.05, 0.1) is 30.1 Å². The fourth-order valence-electron chi connectivity index (χ4n) is 1.54. The van der Waals surface area contributed by atoms with Crippen molar-refractivity contribution in [3.8, 4) is 0 Å². The normalized spacial score (nSPS) is 10.7. The van der Waals surface area contributed by atoms with E-state index in [-0.39, 0.29) is 5.69 Å². The molecule has 2 aromatic rings. The first-order valence-electron chi connectivity index (χ1n) is 5.24. The fraction of sp³-hybridized carbons (Fsp3) is 0.400. The molecule has 0 atom stereocenters. The van der Waals surface area contributed by atoms with Crippen molar-refractivity contribution < 1.29 is 14.6 Å². The summed E-state index contributed by atoms with van der Waals surface area (Å²) in [6.07, 6.45) is 0.454. The van der Waals surface area contributed by atoms with Crippen LogP contribution in [0.2, 0.25) is 0 Å². The van der Waals surface area contributed by atoms with Gasteiger partial charge in [-0.15, -0.1) is 16.4 Å². The largest absolute Gasteiger partial charge is 0.476 e. The van der Waals surface area contributed by atoms with Crippen LogP contribution in [0.4, 0.5) is 0 Å². The monoisotopic (exact) mass is 268 g/mol. The van der Waals surface area contributed by atoms with Crippen LogP contribution in [0, 0.1) is 0 Å². The molecule has 8 heteroatoms. The van der Waals surface area contributed by atoms with Gasteiger partial charge in [-0.1, -0.05) is 5.21 Å². The number of carbonyl (C=O) groups is 1. The molecule has 0 saturated carbocycles. The van der Waals surface area contributed by atoms with Crippen molar-refractivity contribution in [2.45, 2.75) is 13.0 Å². The number of aromatic nitrogens is 4. The summed E-state index contributed by atoms with van der Waals surface area (Å²) in [6.45, 7) is 0.841. The molecule has 0 spiro atoms. The van der Waals surface area contributed by atoms with Crippen molar-refractivity contribution in [2.24, 2.45) is 0 Å². The van der Waals surface area contributed by atoms with Gasteiger partial charge in [0.1, 0.15) is 0 Å². The molecule has 0 saturated heterocycles. The average molecular weight is 268 g/mol. The molecule has 0 fully saturated rings. The van der Waals surface area contributed by atoms with Crippen LogP contribution in [0.15, 0.2) is 10.9 Å². The number of methoxy groups -OCH3 is 1. The van der Waals surface area contributed by atoms with E-state index in [0.29, 0.717) is 25.3 Å². The first-order chi connectivity index (χ1) is 8.72. The molecule has 0 aliphatic carbocycles. The third-order valence-corrected chi connectivity index (χ3v) is 3.01. The van der Waals surface area contributed by atoms with E-state index in [4.69, 9.17) is 9.84 Å². The molecule has 0 radical (unpaired) electrons. The summed E-state index contributed by atoms with van der Waals surface area (Å²) in [5.41, 5.74) is 3.08. The Bertz CT molecular complexity index is 523. The molecule has 2 rings (SSSR count). The van der Waals surface area contributed by atoms with Crippen LogP contribution in [0.5, 0.6) is 0 Å². The minimum absolute atomic E-state index is 0.0257. The highest BCUT2D eigenvalue weighted by molar-refractivity contribution is 7.07. The SMILES string of the molecule is COCCc1c(C(=O)O)nnn1Cc1cscn1. The molecule has 0 aromatic carbocycles. The predicted octanol–water partition coefficient (Wildman–Crippen LogP) is 0.670. The zero-order chi connectivity index (χ0) is 13.0. The van der Waals surface area contributed by atoms with Crippen LogP contribution in [0.3, 0.4) is 0 Å². The maximum Gasteiger partial charge on any atom is 0.358 e. The minimum Gasteiger partial charge on any atom is -0.476 e. The lowest BCUT2D eigenvalue weighted by Crippen LogP contribution is -2.11. The van der Waals surface area contributed by atoms with Gasteiger partial charge in [-0.05, 0) is 0 Å². The maximum atomic E-state index is 11.0. The van der Waals surface area contributed by atoms with E-state index in [9.17, 15) is 4.79 Å². The fourth-order valence-corrected chi connectivity index (χ4v) is 2.09. The highest BCUT2D eigenvalue weighted by Crippen LogP contribution is 2.10. The number of carboxylic acids is 1. The van der Waals surface area contributed by atoms with Gasteiger partial charge in [0.15, 0.2) is 5.69 Å². The second-order valence-electron chi connectivity index (χ2n) is 3.57. The van der Waals surface area contributed by atoms with E-state index >= 15 is 0 Å². The summed E-state index contributed by atoms with van der Waals surface area (Å²) in [6, 6.07) is 0. The number of thiazole rings is 1. The topological polar surface area (TPSA) is 90.1 Å². The molecule has 0 unspecified atom stereocenters. The maximum absolute atomic E-state index is 11.0. The molecule has 0 amide bonds. The Labute approximate surface area is 107 Å². The molecular weight excluding hydrogens is 256 g/mol. The summed E-state index contributed by atoms with van der Waals surface area (Å²) in [5.74, 6) is -1.08. The summed E-state index contributed by atoms with van der Waals surface area (Å²) in [7, 11) is 1.56. The van der Waals surface area contributed by atoms with Crippen LogP contribution in [-0.2, 0) is 17.7 Å². The summed E-state index contributed by atoms with van der Waals surface area (Å²) >= 11 is 1.48. The Morgan fingerprint density at radius 3 is 3.06 bits per heavy atom. The predicted molar refractivity (Wildman–Crippen MR) is 63.8 cm³/mol. The first-order valence-corrected chi connectivity index (χ1v) is 6.18. The zero-order valence-electron chi connectivity index (χ0n) is 9.74. The van der Waals surface area contributed by atoms with Crippen molar-refractivity contribution in [3.63, 3.8) is 0 Å². The first kappa shape index (κ1) is 12.7. The van der Waals surface area contributed by atoms with Gasteiger partial charge in [0.2, 0.25) is 0 Å². The molecule has 2 heterocycles. The van der Waals surface area contributed by atoms with Gasteiger partial charge in [0, 0.05) is 18.9 Å². The van der Waals surface area contributed by atoms with Gasteiger partial charge in [-0.25, -0.2) is 14.5 Å². The molecule has 7 nitrogen and oxygen atoms in total. The molecule has 96 valence electrons. The molecule has 0 aliphatic rings. The van der Waals surface area contributed by atoms with Crippen molar-refractivity contribution in [1.82, 2.24) is 20.0 Å². The number of rotatable bonds is 6. The van der Waals surface area contributed by atoms with E-state index in [1.807, 2.05) is 5.38 Å². The van der Waals surface area contributed by atoms with Crippen LogP contribution in [0.1, 0.15) is 21.9 Å². The lowest BCUT2D eigenvalue weighted by molar-refractivity contribution is 0.0688. The van der Waals surface area contributed by atoms with Gasteiger partial charge in [-0.3, -0.25) is 0 Å². The van der Waals surface area contributed by atoms with E-state index in [1.165, 1.54) is 11.3 Å². The van der Waals surface area contributed by atoms with Crippen molar-refractivity contribution in [1.29, 1.82) is 0 Å². The molecule has 0 bridgehead atoms. The van der Waals surface area contributed by atoms with E-state index < -0.39 is 5.97 Å². The number of nitrogens with zero attached hydrogens (tertiary/aromatic N) is 4. The third-order valence-electron chi connectivity index (χ3n) is 2.38. The van der Waals surface area contributed by atoms with Gasteiger partial charge in [0.25, 0.3) is 0 Å². The third kappa shape index (κ3) is 2.71. The van der Waals surface area contributed by atoms with Crippen LogP contribution < -0.4 is 0 Å². The van der Waals surface area contributed by atoms with Crippen molar-refractivity contribution in [2.75, 3.05) is 13.7 Å². The van der Waals surface area contributed by atoms with E-state index in [2.05, 4.69) is 15.3 Å². The van der Waals surface area contributed by atoms with Crippen molar-refractivity contribution >= 4 is 17.3 Å². The smallest absolute Gasteiger partial charge is 0.358 e. The Kier molecular flexibility index (Phi) is 4.00. The van der Waals surface area contributed by atoms with E-state index in [0.717, 1.165) is 5.69 Å². The molecule has 2 aromatic heterocycles. The second-order valence-corrected chi connectivity index (χ2v) is 4.29. The lowest BCUT2D eigenvalue weighted by atomic mass is 10.2. The van der Waals surface area contributed by atoms with Crippen molar-refractivity contribution in [3.05, 3.63) is 28.0 Å². The Morgan fingerprint density at radius 2 is 2.44 bits per heavy atom. The Balaban J connectivity index is 2.25. The quantitative estimate of drug-likeness (QED) is 0.828. The second kappa shape index (κ2) is 5.69. The number of hydrogen-bond donors (Lipinski definition) is 1. The Morgan fingerprint density at radius 1 is 1.61 bits per heavy atom. The molecule has 1 N–H and O–H groups in total. The number of aromatic carboxylic acids is 1. The van der Waals surface area contributed by atoms with Gasteiger partial charge < -0.3 is 9.84 Å². The molecule has 0 aliphatic heterocycles. The van der Waals surface area contributed by atoms with Crippen LogP contribution >= 0.6 is 11.3 Å². The number of carboxylic acid groups (broad SMARTS) is 1. The standard InChI is InChI=1S/C10H12N4O3S/c1-17-3-2-8-9(10(15)16)12-13-14(8)4-7-5-18-6-11-7/h5-6H,2-4H2,1H3,(H,15,16). The summed E-state index contributed by atoms with van der Waals surface area (Å²) < 4.78 is 6.52. The number of ether oxygens (including phenoxy) is 1. The van der Waals surface area contributed by atoms with Crippen LogP contribution in [0.25, 0.3) is 0 Å². The number of hydrogen-bond acceptors (Lipinski definition) is 6. The minimum atomic E-state index is -1.08. The lowest BCUT2D eigenvalue weighted by Gasteiger charge is -2.04. The molecular formula is C10H12N4O3S. The van der Waals surface area contributed by atoms with Gasteiger partial charge >= 0.3 is 5.97 Å². The van der Waals surface area contributed by atoms with E-state index in [1.54, 1.807) is 17.3 Å². The summed E-state index contributed by atoms with van der Waals surface area (Å²) in [4.78, 5) is 15.2. The Hall–Kier alpha value is -1.80. The van der Waals surface area contributed by atoms with Gasteiger partial charge in [-0.2, -0.15) is 0 Å². The summed E-state index contributed by atoms with van der Waals surface area (Å²) in [5, 5.41) is 18.5.